The van der Waals surface area contributed by atoms with Crippen LogP contribution >= 0.6 is 0 Å². The quantitative estimate of drug-likeness (QED) is 0.300. The van der Waals surface area contributed by atoms with E-state index in [-0.39, 0.29) is 5.41 Å². The predicted octanol–water partition coefficient (Wildman–Crippen LogP) is 10.9. The number of benzene rings is 3. The van der Waals surface area contributed by atoms with Gasteiger partial charge in [-0.25, -0.2) is 0 Å². The molecule has 0 amide bonds. The highest BCUT2D eigenvalue weighted by Gasteiger charge is 2.49. The van der Waals surface area contributed by atoms with Crippen molar-refractivity contribution in [2.24, 2.45) is 11.8 Å². The lowest BCUT2D eigenvalue weighted by Gasteiger charge is -2.47. The topological polar surface area (TPSA) is 0 Å². The maximum atomic E-state index is 2.60. The molecule has 3 aromatic rings. The van der Waals surface area contributed by atoms with E-state index in [0.717, 1.165) is 11.8 Å². The Morgan fingerprint density at radius 3 is 1.95 bits per heavy atom. The highest BCUT2D eigenvalue weighted by Crippen LogP contribution is 2.62. The molecule has 4 aliphatic rings. The standard InChI is InChI=1S/C40H46/c1-23-19-25(3)36(30-15-16-30)34(21-23)37-26(4)28(6)40(7,35-22-24(2)20-33(27(35)5)29-13-14-29)39(38(37)31-17-18-31)32-11-9-8-10-12-32/h8-12,19-22,28-31H,13-18H2,1-7H3. The van der Waals surface area contributed by atoms with Crippen LogP contribution in [0.3, 0.4) is 0 Å². The van der Waals surface area contributed by atoms with Crippen molar-refractivity contribution >= 4 is 11.1 Å². The van der Waals surface area contributed by atoms with Crippen LogP contribution in [0.15, 0.2) is 65.7 Å². The van der Waals surface area contributed by atoms with Crippen molar-refractivity contribution in [3.8, 4) is 0 Å². The Morgan fingerprint density at radius 1 is 0.700 bits per heavy atom. The van der Waals surface area contributed by atoms with Crippen LogP contribution in [-0.2, 0) is 5.41 Å². The van der Waals surface area contributed by atoms with Crippen molar-refractivity contribution in [2.75, 3.05) is 0 Å². The van der Waals surface area contributed by atoms with Crippen LogP contribution < -0.4 is 0 Å². The molecule has 2 atom stereocenters. The zero-order valence-electron chi connectivity index (χ0n) is 25.7. The fourth-order valence-corrected chi connectivity index (χ4v) is 8.39. The minimum Gasteiger partial charge on any atom is -0.0622 e. The Morgan fingerprint density at radius 2 is 1.32 bits per heavy atom. The molecule has 7 rings (SSSR count). The average Bonchev–Trinajstić information content (AvgIpc) is 3.76. The third-order valence-electron chi connectivity index (χ3n) is 11.0. The second-order valence-electron chi connectivity index (χ2n) is 14.0. The van der Waals surface area contributed by atoms with E-state index in [4.69, 9.17) is 0 Å². The zero-order chi connectivity index (χ0) is 27.9. The Kier molecular flexibility index (Phi) is 6.08. The van der Waals surface area contributed by atoms with E-state index in [2.05, 4.69) is 103 Å². The average molecular weight is 527 g/mol. The van der Waals surface area contributed by atoms with Gasteiger partial charge in [0, 0.05) is 5.41 Å². The maximum Gasteiger partial charge on any atom is 0.0249 e. The van der Waals surface area contributed by atoms with E-state index in [1.807, 2.05) is 0 Å². The molecule has 0 nitrogen and oxygen atoms in total. The Bertz CT molecular complexity index is 1570. The van der Waals surface area contributed by atoms with Crippen molar-refractivity contribution in [1.82, 2.24) is 0 Å². The molecule has 3 saturated carbocycles. The second-order valence-corrected chi connectivity index (χ2v) is 14.0. The molecule has 206 valence electrons. The summed E-state index contributed by atoms with van der Waals surface area (Å²) in [6.07, 6.45) is 8.02. The Balaban J connectivity index is 1.57. The SMILES string of the molecule is CC1=C(c2cc(C)cc(C)c2C2CC2)C(C2CC2)=C(c2ccccc2)C(C)(c2cc(C)cc(C3CC3)c2C)C1C. The minimum absolute atomic E-state index is 0.0782. The van der Waals surface area contributed by atoms with Gasteiger partial charge in [0.1, 0.15) is 0 Å². The Hall–Kier alpha value is -2.86. The molecule has 3 aromatic carbocycles. The van der Waals surface area contributed by atoms with Gasteiger partial charge >= 0.3 is 0 Å². The highest BCUT2D eigenvalue weighted by molar-refractivity contribution is 5.99. The van der Waals surface area contributed by atoms with E-state index >= 15 is 0 Å². The number of hydrogen-bond donors (Lipinski definition) is 0. The first-order chi connectivity index (χ1) is 19.2. The van der Waals surface area contributed by atoms with E-state index in [1.165, 1.54) is 60.8 Å². The van der Waals surface area contributed by atoms with Crippen molar-refractivity contribution in [3.63, 3.8) is 0 Å². The monoisotopic (exact) mass is 526 g/mol. The lowest BCUT2D eigenvalue weighted by Crippen LogP contribution is -2.38. The van der Waals surface area contributed by atoms with Gasteiger partial charge in [0.25, 0.3) is 0 Å². The zero-order valence-corrected chi connectivity index (χ0v) is 25.7. The molecule has 2 unspecified atom stereocenters. The van der Waals surface area contributed by atoms with Gasteiger partial charge in [0.2, 0.25) is 0 Å². The van der Waals surface area contributed by atoms with Crippen molar-refractivity contribution in [2.45, 2.75) is 104 Å². The summed E-state index contributed by atoms with van der Waals surface area (Å²) in [7, 11) is 0. The first-order valence-electron chi connectivity index (χ1n) is 15.9. The molecule has 0 spiro atoms. The molecule has 0 saturated heterocycles. The van der Waals surface area contributed by atoms with Gasteiger partial charge in [-0.3, -0.25) is 0 Å². The molecule has 0 radical (unpaired) electrons. The summed E-state index contributed by atoms with van der Waals surface area (Å²) in [6.45, 7) is 17.1. The Labute approximate surface area is 242 Å². The van der Waals surface area contributed by atoms with Crippen LogP contribution in [-0.4, -0.2) is 0 Å². The summed E-state index contributed by atoms with van der Waals surface area (Å²) in [6, 6.07) is 21.5. The van der Waals surface area contributed by atoms with Crippen LogP contribution in [0.25, 0.3) is 11.1 Å². The van der Waals surface area contributed by atoms with Gasteiger partial charge in [-0.05, 0) is 152 Å². The van der Waals surface area contributed by atoms with Crippen molar-refractivity contribution < 1.29 is 0 Å². The summed E-state index contributed by atoms with van der Waals surface area (Å²) in [4.78, 5) is 0. The molecule has 0 bridgehead atoms. The van der Waals surface area contributed by atoms with Crippen LogP contribution in [0.4, 0.5) is 0 Å². The summed E-state index contributed by atoms with van der Waals surface area (Å²) in [5.41, 5.74) is 20.1. The number of hydrogen-bond acceptors (Lipinski definition) is 0. The van der Waals surface area contributed by atoms with Crippen LogP contribution in [0.2, 0.25) is 0 Å². The second kappa shape index (κ2) is 9.34. The van der Waals surface area contributed by atoms with Gasteiger partial charge in [-0.1, -0.05) is 85.1 Å². The molecule has 0 aliphatic heterocycles. The molecule has 0 heterocycles. The lowest BCUT2D eigenvalue weighted by molar-refractivity contribution is 0.446. The number of rotatable bonds is 6. The largest absolute Gasteiger partial charge is 0.0622 e. The lowest BCUT2D eigenvalue weighted by atomic mass is 9.56. The molecule has 0 heteroatoms. The third-order valence-corrected chi connectivity index (χ3v) is 11.0. The summed E-state index contributed by atoms with van der Waals surface area (Å²) in [5.74, 6) is 2.56. The first-order valence-corrected chi connectivity index (χ1v) is 15.9. The van der Waals surface area contributed by atoms with Crippen LogP contribution in [0.1, 0.15) is 121 Å². The van der Waals surface area contributed by atoms with E-state index in [9.17, 15) is 0 Å². The fraction of sp³-hybridized carbons (Fsp3) is 0.450. The summed E-state index contributed by atoms with van der Waals surface area (Å²) >= 11 is 0. The predicted molar refractivity (Wildman–Crippen MR) is 171 cm³/mol. The molecule has 40 heavy (non-hydrogen) atoms. The summed E-state index contributed by atoms with van der Waals surface area (Å²) < 4.78 is 0. The van der Waals surface area contributed by atoms with Crippen molar-refractivity contribution in [1.29, 1.82) is 0 Å². The minimum atomic E-state index is -0.0782. The van der Waals surface area contributed by atoms with Gasteiger partial charge < -0.3 is 0 Å². The van der Waals surface area contributed by atoms with Gasteiger partial charge in [-0.15, -0.1) is 0 Å². The van der Waals surface area contributed by atoms with Gasteiger partial charge in [-0.2, -0.15) is 0 Å². The highest BCUT2D eigenvalue weighted by atomic mass is 14.5. The van der Waals surface area contributed by atoms with E-state index in [1.54, 1.807) is 50.1 Å². The molecule has 3 fully saturated rings. The maximum absolute atomic E-state index is 2.60. The molecule has 0 N–H and O–H groups in total. The molecule has 4 aliphatic carbocycles. The van der Waals surface area contributed by atoms with E-state index in [0.29, 0.717) is 11.8 Å². The number of allylic oxidation sites excluding steroid dienone is 4. The summed E-state index contributed by atoms with van der Waals surface area (Å²) in [5, 5.41) is 0. The first kappa shape index (κ1) is 26.1. The van der Waals surface area contributed by atoms with Gasteiger partial charge in [0.15, 0.2) is 0 Å². The third kappa shape index (κ3) is 4.08. The molecular weight excluding hydrogens is 480 g/mol. The van der Waals surface area contributed by atoms with E-state index < -0.39 is 0 Å². The molecule has 0 aromatic heterocycles. The normalized spacial score (nSPS) is 25.1. The smallest absolute Gasteiger partial charge is 0.0249 e. The molecular formula is C40H46. The van der Waals surface area contributed by atoms with Crippen LogP contribution in [0, 0.1) is 39.5 Å². The van der Waals surface area contributed by atoms with Crippen molar-refractivity contribution in [3.05, 3.63) is 116 Å². The van der Waals surface area contributed by atoms with Gasteiger partial charge in [0.05, 0.1) is 0 Å². The van der Waals surface area contributed by atoms with Crippen LogP contribution in [0.5, 0.6) is 0 Å². The number of aryl methyl sites for hydroxylation is 3. The fourth-order valence-electron chi connectivity index (χ4n) is 8.39.